The Morgan fingerprint density at radius 3 is 2.79 bits per heavy atom. The highest BCUT2D eigenvalue weighted by Crippen LogP contribution is 2.33. The zero-order chi connectivity index (χ0) is 26.0. The number of nitrogens with zero attached hydrogens (tertiary/aromatic N) is 5. The van der Waals surface area contributed by atoms with Gasteiger partial charge < -0.3 is 25.0 Å². The fraction of sp³-hybridized carbons (Fsp3) is 0.231. The van der Waals surface area contributed by atoms with Crippen LogP contribution in [0, 0.1) is 0 Å². The normalized spacial score (nSPS) is 11.4. The highest BCUT2D eigenvalue weighted by molar-refractivity contribution is 6.32. The van der Waals surface area contributed by atoms with Crippen LogP contribution in [0.25, 0.3) is 16.6 Å². The van der Waals surface area contributed by atoms with Crippen molar-refractivity contribution in [3.8, 4) is 11.5 Å². The van der Waals surface area contributed by atoms with E-state index in [-0.39, 0.29) is 24.7 Å². The van der Waals surface area contributed by atoms with Crippen LogP contribution in [0.5, 0.6) is 11.5 Å². The van der Waals surface area contributed by atoms with Gasteiger partial charge in [-0.2, -0.15) is 5.10 Å². The average Bonchev–Trinajstić information content (AvgIpc) is 3.47. The van der Waals surface area contributed by atoms with Crippen molar-refractivity contribution in [3.05, 3.63) is 72.4 Å². The molecule has 0 radical (unpaired) electrons. The third-order valence-corrected chi connectivity index (χ3v) is 5.90. The molecule has 4 heterocycles. The molecule has 5 aromatic rings. The van der Waals surface area contributed by atoms with Crippen LogP contribution in [0.2, 0.25) is 5.02 Å². The van der Waals surface area contributed by atoms with Gasteiger partial charge in [-0.05, 0) is 56.3 Å². The molecule has 10 nitrogen and oxygen atoms in total. The highest BCUT2D eigenvalue weighted by Gasteiger charge is 2.18. The van der Waals surface area contributed by atoms with E-state index in [0.29, 0.717) is 35.4 Å². The second-order valence-corrected chi connectivity index (χ2v) is 9.65. The molecule has 0 aliphatic heterocycles. The Balaban J connectivity index is 0.00000336. The van der Waals surface area contributed by atoms with Crippen molar-refractivity contribution in [2.75, 3.05) is 11.9 Å². The zero-order valence-corrected chi connectivity index (χ0v) is 22.3. The summed E-state index contributed by atoms with van der Waals surface area (Å²) in [5.74, 6) is 1.52. The fourth-order valence-corrected chi connectivity index (χ4v) is 4.18. The van der Waals surface area contributed by atoms with Crippen LogP contribution in [0.3, 0.4) is 0 Å². The summed E-state index contributed by atoms with van der Waals surface area (Å²) >= 11 is 6.53. The third kappa shape index (κ3) is 6.34. The van der Waals surface area contributed by atoms with Gasteiger partial charge in [0.05, 0.1) is 34.3 Å². The summed E-state index contributed by atoms with van der Waals surface area (Å²) in [5.41, 5.74) is 2.20. The van der Waals surface area contributed by atoms with Gasteiger partial charge in [0, 0.05) is 31.2 Å². The van der Waals surface area contributed by atoms with E-state index >= 15 is 0 Å². The number of aliphatic hydroxyl groups is 1. The first-order chi connectivity index (χ1) is 17.7. The number of anilines is 2. The van der Waals surface area contributed by atoms with Crippen LogP contribution < -0.4 is 15.4 Å². The fourth-order valence-electron chi connectivity index (χ4n) is 3.96. The predicted octanol–water partition coefficient (Wildman–Crippen LogP) is 4.97. The van der Waals surface area contributed by atoms with Gasteiger partial charge in [-0.25, -0.2) is 14.5 Å². The van der Waals surface area contributed by atoms with Crippen LogP contribution in [-0.2, 0) is 11.3 Å². The van der Waals surface area contributed by atoms with E-state index in [4.69, 9.17) is 16.3 Å². The maximum Gasteiger partial charge on any atom is 0.222 e. The molecule has 4 aromatic heterocycles. The van der Waals surface area contributed by atoms with Gasteiger partial charge in [0.25, 0.3) is 0 Å². The van der Waals surface area contributed by atoms with Gasteiger partial charge in [0.1, 0.15) is 23.3 Å². The minimum atomic E-state index is -1.05. The van der Waals surface area contributed by atoms with E-state index in [1.807, 2.05) is 41.1 Å². The topological polar surface area (TPSA) is 119 Å². The zero-order valence-electron chi connectivity index (χ0n) is 20.8. The Morgan fingerprint density at radius 1 is 1.16 bits per heavy atom. The summed E-state index contributed by atoms with van der Waals surface area (Å²) in [5, 5.41) is 20.6. The quantitative estimate of drug-likeness (QED) is 0.235. The van der Waals surface area contributed by atoms with E-state index in [1.165, 1.54) is 6.33 Å². The summed E-state index contributed by atoms with van der Waals surface area (Å²) in [7, 11) is 0. The highest BCUT2D eigenvalue weighted by atomic mass is 35.5. The number of nitrogens with one attached hydrogen (secondary N) is 2. The number of ether oxygens (including phenoxy) is 1. The van der Waals surface area contributed by atoms with E-state index < -0.39 is 5.60 Å². The Labute approximate surface area is 230 Å². The molecule has 198 valence electrons. The lowest BCUT2D eigenvalue weighted by atomic mass is 10.1. The number of benzene rings is 1. The first kappa shape index (κ1) is 27.2. The van der Waals surface area contributed by atoms with Crippen molar-refractivity contribution in [2.45, 2.75) is 32.4 Å². The standard InChI is InChI=1S/C26H26ClN7O3.ClH/c1-26(2,36)14-23(35)28-10-12-33-11-8-21-24(33)25(30-16-29-21)32-17-3-6-22(20(27)13-17)37-19-5-4-18-7-9-31-34(18)15-19;/h3-9,11,13,15-16,36H,10,12,14H2,1-2H3,(H,28,35)(H,29,30,32);1H. The van der Waals surface area contributed by atoms with Gasteiger partial charge in [0.2, 0.25) is 5.91 Å². The molecular formula is C26H27Cl2N7O3. The predicted molar refractivity (Wildman–Crippen MR) is 149 cm³/mol. The summed E-state index contributed by atoms with van der Waals surface area (Å²) in [6.07, 6.45) is 6.93. The number of amides is 1. The minimum Gasteiger partial charge on any atom is -0.454 e. The van der Waals surface area contributed by atoms with Crippen molar-refractivity contribution in [2.24, 2.45) is 0 Å². The first-order valence-electron chi connectivity index (χ1n) is 11.7. The Bertz CT molecular complexity index is 1580. The minimum absolute atomic E-state index is 0. The van der Waals surface area contributed by atoms with E-state index in [0.717, 1.165) is 22.2 Å². The lowest BCUT2D eigenvalue weighted by Crippen LogP contribution is -2.33. The molecule has 3 N–H and O–H groups in total. The number of carbonyl (C=O) groups is 1. The Hall–Kier alpha value is -3.86. The molecule has 1 aromatic carbocycles. The van der Waals surface area contributed by atoms with Crippen LogP contribution in [0.1, 0.15) is 20.3 Å². The lowest BCUT2D eigenvalue weighted by molar-refractivity contribution is -0.124. The third-order valence-electron chi connectivity index (χ3n) is 5.61. The molecular weight excluding hydrogens is 529 g/mol. The Kier molecular flexibility index (Phi) is 8.05. The van der Waals surface area contributed by atoms with Crippen LogP contribution in [0.15, 0.2) is 67.4 Å². The summed E-state index contributed by atoms with van der Waals surface area (Å²) < 4.78 is 9.66. The van der Waals surface area contributed by atoms with Gasteiger partial charge in [-0.15, -0.1) is 12.4 Å². The number of rotatable bonds is 9. The molecule has 0 atom stereocenters. The van der Waals surface area contributed by atoms with Gasteiger partial charge in [0.15, 0.2) is 5.82 Å². The first-order valence-corrected chi connectivity index (χ1v) is 12.1. The van der Waals surface area contributed by atoms with Crippen molar-refractivity contribution in [1.82, 2.24) is 29.5 Å². The maximum absolute atomic E-state index is 12.0. The number of carbonyl (C=O) groups excluding carboxylic acids is 1. The number of pyridine rings is 1. The largest absolute Gasteiger partial charge is 0.454 e. The molecule has 12 heteroatoms. The van der Waals surface area contributed by atoms with E-state index in [9.17, 15) is 9.90 Å². The van der Waals surface area contributed by atoms with Crippen molar-refractivity contribution < 1.29 is 14.6 Å². The van der Waals surface area contributed by atoms with E-state index in [2.05, 4.69) is 25.7 Å². The van der Waals surface area contributed by atoms with Crippen LogP contribution in [0.4, 0.5) is 11.5 Å². The van der Waals surface area contributed by atoms with Gasteiger partial charge in [-0.3, -0.25) is 4.79 Å². The molecule has 38 heavy (non-hydrogen) atoms. The molecule has 1 amide bonds. The van der Waals surface area contributed by atoms with E-state index in [1.54, 1.807) is 42.9 Å². The molecule has 0 aliphatic rings. The molecule has 0 unspecified atom stereocenters. The van der Waals surface area contributed by atoms with Crippen molar-refractivity contribution in [3.63, 3.8) is 0 Å². The summed E-state index contributed by atoms with van der Waals surface area (Å²) in [6, 6.07) is 13.0. The molecule has 0 aliphatic carbocycles. The van der Waals surface area contributed by atoms with Gasteiger partial charge in [-0.1, -0.05) is 11.6 Å². The molecule has 0 fully saturated rings. The second-order valence-electron chi connectivity index (χ2n) is 9.24. The molecule has 0 spiro atoms. The number of hydrogen-bond acceptors (Lipinski definition) is 7. The summed E-state index contributed by atoms with van der Waals surface area (Å²) in [6.45, 7) is 4.12. The van der Waals surface area contributed by atoms with Crippen molar-refractivity contribution in [1.29, 1.82) is 0 Å². The average molecular weight is 556 g/mol. The van der Waals surface area contributed by atoms with Gasteiger partial charge >= 0.3 is 0 Å². The lowest BCUT2D eigenvalue weighted by Gasteiger charge is -2.16. The molecule has 0 saturated heterocycles. The molecule has 0 bridgehead atoms. The molecule has 5 rings (SSSR count). The molecule has 0 saturated carbocycles. The van der Waals surface area contributed by atoms with Crippen molar-refractivity contribution >= 4 is 58.0 Å². The van der Waals surface area contributed by atoms with Crippen LogP contribution >= 0.6 is 24.0 Å². The summed E-state index contributed by atoms with van der Waals surface area (Å²) in [4.78, 5) is 20.8. The number of aromatic nitrogens is 5. The number of hydrogen-bond donors (Lipinski definition) is 3. The SMILES string of the molecule is CC(C)(O)CC(=O)NCCn1ccc2ncnc(Nc3ccc(Oc4ccc5ccnn5c4)c(Cl)c3)c21.Cl. The number of fused-ring (bicyclic) bond motifs is 2. The number of halogens is 2. The monoisotopic (exact) mass is 555 g/mol. The second kappa shape index (κ2) is 11.3. The Morgan fingerprint density at radius 2 is 2.00 bits per heavy atom. The smallest absolute Gasteiger partial charge is 0.222 e. The van der Waals surface area contributed by atoms with Crippen LogP contribution in [-0.4, -0.2) is 47.3 Å². The maximum atomic E-state index is 12.0.